The molecule has 0 fully saturated rings. The van der Waals surface area contributed by atoms with E-state index in [4.69, 9.17) is 4.74 Å². The van der Waals surface area contributed by atoms with Gasteiger partial charge in [0.15, 0.2) is 9.84 Å². The lowest BCUT2D eigenvalue weighted by atomic mass is 10.0. The number of hydrogen-bond acceptors (Lipinski definition) is 4. The molecule has 5 heteroatoms. The van der Waals surface area contributed by atoms with E-state index in [-0.39, 0.29) is 23.7 Å². The van der Waals surface area contributed by atoms with Gasteiger partial charge in [0.1, 0.15) is 0 Å². The molecule has 0 aliphatic carbocycles. The van der Waals surface area contributed by atoms with E-state index in [2.05, 4.69) is 18.4 Å². The summed E-state index contributed by atoms with van der Waals surface area (Å²) in [6.07, 6.45) is 1.82. The summed E-state index contributed by atoms with van der Waals surface area (Å²) in [6.45, 7) is 0.140. The molecule has 0 radical (unpaired) electrons. The molecule has 0 aromatic heterocycles. The van der Waals surface area contributed by atoms with Gasteiger partial charge >= 0.3 is 0 Å². The number of thioether (sulfide) groups is 1. The van der Waals surface area contributed by atoms with Crippen molar-refractivity contribution in [3.05, 3.63) is 102 Å². The molecule has 3 aromatic rings. The van der Waals surface area contributed by atoms with E-state index >= 15 is 0 Å². The first-order valence-electron chi connectivity index (χ1n) is 9.14. The second kappa shape index (κ2) is 9.92. The van der Waals surface area contributed by atoms with Gasteiger partial charge in [-0.1, -0.05) is 78.9 Å². The van der Waals surface area contributed by atoms with Crippen LogP contribution in [0.5, 0.6) is 0 Å². The lowest BCUT2D eigenvalue weighted by Crippen LogP contribution is -2.18. The fraction of sp³-hybridized carbons (Fsp3) is 0.217. The van der Waals surface area contributed by atoms with Crippen LogP contribution in [0.2, 0.25) is 0 Å². The number of ether oxygens (including phenoxy) is 1. The quantitative estimate of drug-likeness (QED) is 0.477. The van der Waals surface area contributed by atoms with Gasteiger partial charge in [-0.15, -0.1) is 0 Å². The topological polar surface area (TPSA) is 43.4 Å². The van der Waals surface area contributed by atoms with E-state index in [9.17, 15) is 8.42 Å². The maximum atomic E-state index is 12.6. The lowest BCUT2D eigenvalue weighted by molar-refractivity contribution is 0.0619. The molecule has 0 bridgehead atoms. The maximum absolute atomic E-state index is 12.6. The minimum absolute atomic E-state index is 0.0454. The Bertz CT molecular complexity index is 943. The molecule has 3 rings (SSSR count). The number of benzene rings is 3. The van der Waals surface area contributed by atoms with Crippen molar-refractivity contribution in [2.45, 2.75) is 16.2 Å². The zero-order chi connectivity index (χ0) is 19.8. The van der Waals surface area contributed by atoms with Gasteiger partial charge in [0.2, 0.25) is 0 Å². The molecule has 146 valence electrons. The molecule has 3 aromatic carbocycles. The van der Waals surface area contributed by atoms with E-state index in [1.165, 1.54) is 0 Å². The molecular formula is C23H24O3S2. The molecular weight excluding hydrogens is 388 g/mol. The summed E-state index contributed by atoms with van der Waals surface area (Å²) < 4.78 is 31.3. The van der Waals surface area contributed by atoms with Crippen molar-refractivity contribution in [2.24, 2.45) is 0 Å². The molecule has 0 saturated heterocycles. The molecule has 28 heavy (non-hydrogen) atoms. The molecule has 0 amide bonds. The molecule has 3 nitrogen and oxygen atoms in total. The summed E-state index contributed by atoms with van der Waals surface area (Å²) in [7, 11) is -3.37. The number of rotatable bonds is 9. The van der Waals surface area contributed by atoms with Crippen LogP contribution in [-0.4, -0.2) is 27.0 Å². The Morgan fingerprint density at radius 3 is 1.82 bits per heavy atom. The summed E-state index contributed by atoms with van der Waals surface area (Å²) in [5.74, 6) is -0.0454. The number of hydrogen-bond donors (Lipinski definition) is 0. The second-order valence-electron chi connectivity index (χ2n) is 6.40. The Morgan fingerprint density at radius 1 is 0.786 bits per heavy atom. The average molecular weight is 413 g/mol. The molecule has 0 spiro atoms. The summed E-state index contributed by atoms with van der Waals surface area (Å²) in [4.78, 5) is 0.333. The Kier molecular flexibility index (Phi) is 7.31. The predicted octanol–water partition coefficient (Wildman–Crippen LogP) is 5.32. The molecule has 0 heterocycles. The first-order valence-corrected chi connectivity index (χ1v) is 12.1. The largest absolute Gasteiger partial charge is 0.371 e. The van der Waals surface area contributed by atoms with E-state index in [1.807, 2.05) is 54.6 Å². The van der Waals surface area contributed by atoms with E-state index in [0.29, 0.717) is 4.90 Å². The fourth-order valence-electron chi connectivity index (χ4n) is 3.11. The van der Waals surface area contributed by atoms with Gasteiger partial charge in [0, 0.05) is 0 Å². The van der Waals surface area contributed by atoms with Crippen LogP contribution in [-0.2, 0) is 14.6 Å². The first-order chi connectivity index (χ1) is 13.6. The molecule has 2 atom stereocenters. The minimum atomic E-state index is -3.37. The Balaban J connectivity index is 1.79. The van der Waals surface area contributed by atoms with Crippen LogP contribution >= 0.6 is 11.8 Å². The molecule has 0 N–H and O–H groups in total. The highest BCUT2D eigenvalue weighted by Gasteiger charge is 2.26. The highest BCUT2D eigenvalue weighted by Crippen LogP contribution is 2.41. The Hall–Kier alpha value is -2.08. The van der Waals surface area contributed by atoms with Crippen LogP contribution in [0.15, 0.2) is 95.9 Å². The van der Waals surface area contributed by atoms with Gasteiger partial charge in [-0.25, -0.2) is 8.42 Å². The van der Waals surface area contributed by atoms with Crippen LogP contribution in [0.3, 0.4) is 0 Å². The third-order valence-electron chi connectivity index (χ3n) is 4.54. The fourth-order valence-corrected chi connectivity index (χ4v) is 5.14. The average Bonchev–Trinajstić information content (AvgIpc) is 2.75. The predicted molar refractivity (Wildman–Crippen MR) is 116 cm³/mol. The third-order valence-corrected chi connectivity index (χ3v) is 7.26. The SMILES string of the molecule is CS[C@H](c1ccccc1)[C@H](OCCS(=O)(=O)c1ccccc1)c1ccccc1. The zero-order valence-corrected chi connectivity index (χ0v) is 17.4. The van der Waals surface area contributed by atoms with Gasteiger partial charge < -0.3 is 4.74 Å². The van der Waals surface area contributed by atoms with Crippen LogP contribution in [0.25, 0.3) is 0 Å². The monoisotopic (exact) mass is 412 g/mol. The second-order valence-corrected chi connectivity index (χ2v) is 9.49. The third kappa shape index (κ3) is 5.25. The molecule has 0 aliphatic rings. The summed E-state index contributed by atoms with van der Waals surface area (Å²) in [6, 6.07) is 28.7. The van der Waals surface area contributed by atoms with Gasteiger partial charge in [0.25, 0.3) is 0 Å². The summed E-state index contributed by atoms with van der Waals surface area (Å²) >= 11 is 1.71. The van der Waals surface area contributed by atoms with Crippen LogP contribution in [0.1, 0.15) is 22.5 Å². The van der Waals surface area contributed by atoms with Crippen molar-refractivity contribution < 1.29 is 13.2 Å². The van der Waals surface area contributed by atoms with Crippen molar-refractivity contribution in [1.82, 2.24) is 0 Å². The van der Waals surface area contributed by atoms with Gasteiger partial charge in [-0.05, 0) is 29.5 Å². The summed E-state index contributed by atoms with van der Waals surface area (Å²) in [5, 5.41) is 0.0722. The molecule has 0 aliphatic heterocycles. The highest BCUT2D eigenvalue weighted by atomic mass is 32.2. The van der Waals surface area contributed by atoms with Crippen molar-refractivity contribution in [3.8, 4) is 0 Å². The minimum Gasteiger partial charge on any atom is -0.371 e. The smallest absolute Gasteiger partial charge is 0.180 e. The normalized spacial score (nSPS) is 13.8. The lowest BCUT2D eigenvalue weighted by Gasteiger charge is -2.27. The van der Waals surface area contributed by atoms with Crippen molar-refractivity contribution >= 4 is 21.6 Å². The van der Waals surface area contributed by atoms with Crippen LogP contribution in [0.4, 0.5) is 0 Å². The Morgan fingerprint density at radius 2 is 1.29 bits per heavy atom. The first kappa shape index (κ1) is 20.6. The summed E-state index contributed by atoms with van der Waals surface area (Å²) in [5.41, 5.74) is 2.21. The zero-order valence-electron chi connectivity index (χ0n) is 15.8. The Labute approximate surface area is 171 Å². The highest BCUT2D eigenvalue weighted by molar-refractivity contribution is 7.98. The van der Waals surface area contributed by atoms with E-state index < -0.39 is 9.84 Å². The van der Waals surface area contributed by atoms with Crippen molar-refractivity contribution in [2.75, 3.05) is 18.6 Å². The number of sulfone groups is 1. The van der Waals surface area contributed by atoms with Crippen LogP contribution in [0, 0.1) is 0 Å². The van der Waals surface area contributed by atoms with E-state index in [1.54, 1.807) is 36.0 Å². The van der Waals surface area contributed by atoms with E-state index in [0.717, 1.165) is 11.1 Å². The van der Waals surface area contributed by atoms with Gasteiger partial charge in [-0.3, -0.25) is 0 Å². The molecule has 0 saturated carbocycles. The van der Waals surface area contributed by atoms with Crippen molar-refractivity contribution in [1.29, 1.82) is 0 Å². The van der Waals surface area contributed by atoms with Gasteiger partial charge in [0.05, 0.1) is 28.6 Å². The standard InChI is InChI=1S/C23H24O3S2/c1-27-23(20-13-7-3-8-14-20)22(19-11-5-2-6-12-19)26-17-18-28(24,25)21-15-9-4-10-16-21/h2-16,22-23H,17-18H2,1H3/t22-,23-/m1/s1. The maximum Gasteiger partial charge on any atom is 0.180 e. The van der Waals surface area contributed by atoms with Gasteiger partial charge in [-0.2, -0.15) is 11.8 Å². The van der Waals surface area contributed by atoms with Crippen molar-refractivity contribution in [3.63, 3.8) is 0 Å². The molecule has 0 unspecified atom stereocenters. The van der Waals surface area contributed by atoms with Crippen LogP contribution < -0.4 is 0 Å².